The molecular formula is C20H28N2O2. The number of nitrogens with two attached hydrogens (primary N) is 1. The number of benzene rings is 2. The first-order valence-corrected chi connectivity index (χ1v) is 8.43. The molecule has 0 aliphatic carbocycles. The summed E-state index contributed by atoms with van der Waals surface area (Å²) in [6, 6.07) is 16.5. The van der Waals surface area contributed by atoms with Crippen LogP contribution in [0, 0.1) is 0 Å². The standard InChI is InChI=1S/C20H28N2O2/c1-23-19-9-5-7-17(13-19)15-22(12-4-3-11-21)16-18-8-6-10-20(14-18)24-2/h5-10,13-14H,3-4,11-12,15-16,21H2,1-2H3. The zero-order valence-electron chi connectivity index (χ0n) is 14.7. The third kappa shape index (κ3) is 5.87. The number of methoxy groups -OCH3 is 2. The smallest absolute Gasteiger partial charge is 0.119 e. The lowest BCUT2D eigenvalue weighted by Gasteiger charge is -2.23. The van der Waals surface area contributed by atoms with Gasteiger partial charge in [-0.15, -0.1) is 0 Å². The van der Waals surface area contributed by atoms with E-state index in [0.717, 1.165) is 50.5 Å². The highest BCUT2D eigenvalue weighted by atomic mass is 16.5. The van der Waals surface area contributed by atoms with Crippen molar-refractivity contribution in [1.82, 2.24) is 4.90 Å². The molecule has 2 rings (SSSR count). The Morgan fingerprint density at radius 2 is 1.38 bits per heavy atom. The molecule has 0 amide bonds. The summed E-state index contributed by atoms with van der Waals surface area (Å²) in [4.78, 5) is 2.44. The Bertz CT molecular complexity index is 567. The number of hydrogen-bond acceptors (Lipinski definition) is 4. The Balaban J connectivity index is 2.07. The maximum absolute atomic E-state index is 5.64. The summed E-state index contributed by atoms with van der Waals surface area (Å²) in [6.07, 6.45) is 2.15. The minimum absolute atomic E-state index is 0.742. The molecule has 2 aromatic carbocycles. The van der Waals surface area contributed by atoms with Crippen LogP contribution < -0.4 is 15.2 Å². The van der Waals surface area contributed by atoms with Gasteiger partial charge >= 0.3 is 0 Å². The Labute approximate surface area is 145 Å². The van der Waals surface area contributed by atoms with E-state index in [1.165, 1.54) is 11.1 Å². The maximum atomic E-state index is 5.64. The lowest BCUT2D eigenvalue weighted by atomic mass is 10.1. The summed E-state index contributed by atoms with van der Waals surface area (Å²) in [5.41, 5.74) is 8.15. The highest BCUT2D eigenvalue weighted by Crippen LogP contribution is 2.18. The van der Waals surface area contributed by atoms with Crippen molar-refractivity contribution in [3.63, 3.8) is 0 Å². The van der Waals surface area contributed by atoms with E-state index in [1.54, 1.807) is 14.2 Å². The number of hydrogen-bond donors (Lipinski definition) is 1. The fourth-order valence-corrected chi connectivity index (χ4v) is 2.75. The second-order valence-electron chi connectivity index (χ2n) is 5.91. The van der Waals surface area contributed by atoms with E-state index >= 15 is 0 Å². The lowest BCUT2D eigenvalue weighted by molar-refractivity contribution is 0.251. The van der Waals surface area contributed by atoms with Gasteiger partial charge in [0.2, 0.25) is 0 Å². The molecule has 0 saturated heterocycles. The molecule has 0 aliphatic heterocycles. The summed E-state index contributed by atoms with van der Waals surface area (Å²) in [5.74, 6) is 1.80. The Morgan fingerprint density at radius 3 is 1.83 bits per heavy atom. The first-order valence-electron chi connectivity index (χ1n) is 8.43. The fraction of sp³-hybridized carbons (Fsp3) is 0.400. The molecule has 0 bridgehead atoms. The Kier molecular flexibility index (Phi) is 7.59. The summed E-state index contributed by atoms with van der Waals surface area (Å²) >= 11 is 0. The van der Waals surface area contributed by atoms with Gasteiger partial charge in [0.1, 0.15) is 11.5 Å². The van der Waals surface area contributed by atoms with Crippen molar-refractivity contribution in [3.8, 4) is 11.5 Å². The molecule has 130 valence electrons. The predicted octanol–water partition coefficient (Wildman–Crippen LogP) is 3.44. The minimum atomic E-state index is 0.742. The summed E-state index contributed by atoms with van der Waals surface area (Å²) in [5, 5.41) is 0. The average Bonchev–Trinajstić information content (AvgIpc) is 2.62. The van der Waals surface area contributed by atoms with Crippen LogP contribution in [0.4, 0.5) is 0 Å². The molecule has 4 nitrogen and oxygen atoms in total. The van der Waals surface area contributed by atoms with Gasteiger partial charge in [0.05, 0.1) is 14.2 Å². The average molecular weight is 328 g/mol. The molecule has 0 heterocycles. The molecule has 2 aromatic rings. The van der Waals surface area contributed by atoms with Crippen LogP contribution in [0.1, 0.15) is 24.0 Å². The van der Waals surface area contributed by atoms with E-state index < -0.39 is 0 Å². The first kappa shape index (κ1) is 18.3. The van der Waals surface area contributed by atoms with E-state index in [2.05, 4.69) is 29.2 Å². The molecule has 0 atom stereocenters. The van der Waals surface area contributed by atoms with Crippen molar-refractivity contribution in [3.05, 3.63) is 59.7 Å². The second-order valence-corrected chi connectivity index (χ2v) is 5.91. The zero-order chi connectivity index (χ0) is 17.2. The van der Waals surface area contributed by atoms with Crippen LogP contribution in [0.5, 0.6) is 11.5 Å². The number of rotatable bonds is 10. The monoisotopic (exact) mass is 328 g/mol. The normalized spacial score (nSPS) is 10.8. The third-order valence-corrected chi connectivity index (χ3v) is 4.01. The van der Waals surface area contributed by atoms with Crippen LogP contribution in [-0.2, 0) is 13.1 Å². The fourth-order valence-electron chi connectivity index (χ4n) is 2.75. The maximum Gasteiger partial charge on any atom is 0.119 e. The second kappa shape index (κ2) is 9.96. The van der Waals surface area contributed by atoms with Crippen molar-refractivity contribution in [2.24, 2.45) is 5.73 Å². The Hall–Kier alpha value is -2.04. The van der Waals surface area contributed by atoms with Crippen LogP contribution in [0.2, 0.25) is 0 Å². The van der Waals surface area contributed by atoms with Gasteiger partial charge in [-0.3, -0.25) is 4.90 Å². The van der Waals surface area contributed by atoms with Crippen LogP contribution in [0.3, 0.4) is 0 Å². The topological polar surface area (TPSA) is 47.7 Å². The van der Waals surface area contributed by atoms with E-state index in [1.807, 2.05) is 24.3 Å². The highest BCUT2D eigenvalue weighted by Gasteiger charge is 2.08. The first-order chi connectivity index (χ1) is 11.7. The molecule has 24 heavy (non-hydrogen) atoms. The van der Waals surface area contributed by atoms with E-state index in [9.17, 15) is 0 Å². The van der Waals surface area contributed by atoms with Crippen LogP contribution >= 0.6 is 0 Å². The van der Waals surface area contributed by atoms with Crippen molar-refractivity contribution >= 4 is 0 Å². The molecule has 0 aromatic heterocycles. The predicted molar refractivity (Wildman–Crippen MR) is 98.4 cm³/mol. The van der Waals surface area contributed by atoms with Gasteiger partial charge in [-0.1, -0.05) is 24.3 Å². The lowest BCUT2D eigenvalue weighted by Crippen LogP contribution is -2.24. The van der Waals surface area contributed by atoms with Crippen LogP contribution in [-0.4, -0.2) is 32.2 Å². The van der Waals surface area contributed by atoms with Gasteiger partial charge in [0.25, 0.3) is 0 Å². The summed E-state index contributed by atoms with van der Waals surface area (Å²) < 4.78 is 10.7. The SMILES string of the molecule is COc1cccc(CN(CCCCN)Cc2cccc(OC)c2)c1. The largest absolute Gasteiger partial charge is 0.497 e. The van der Waals surface area contributed by atoms with Crippen molar-refractivity contribution in [1.29, 1.82) is 0 Å². The van der Waals surface area contributed by atoms with Gasteiger partial charge in [-0.05, 0) is 61.3 Å². The van der Waals surface area contributed by atoms with E-state index in [4.69, 9.17) is 15.2 Å². The Morgan fingerprint density at radius 1 is 0.833 bits per heavy atom. The van der Waals surface area contributed by atoms with Gasteiger partial charge in [-0.25, -0.2) is 0 Å². The van der Waals surface area contributed by atoms with E-state index in [0.29, 0.717) is 0 Å². The summed E-state index contributed by atoms with van der Waals surface area (Å²) in [6.45, 7) is 3.54. The summed E-state index contributed by atoms with van der Waals surface area (Å²) in [7, 11) is 3.41. The van der Waals surface area contributed by atoms with Crippen LogP contribution in [0.25, 0.3) is 0 Å². The molecule has 0 radical (unpaired) electrons. The third-order valence-electron chi connectivity index (χ3n) is 4.01. The molecule has 0 spiro atoms. The highest BCUT2D eigenvalue weighted by molar-refractivity contribution is 5.30. The molecule has 0 unspecified atom stereocenters. The van der Waals surface area contributed by atoms with E-state index in [-0.39, 0.29) is 0 Å². The van der Waals surface area contributed by atoms with Crippen LogP contribution in [0.15, 0.2) is 48.5 Å². The van der Waals surface area contributed by atoms with Gasteiger partial charge in [-0.2, -0.15) is 0 Å². The molecule has 2 N–H and O–H groups in total. The number of ether oxygens (including phenoxy) is 2. The molecule has 0 fully saturated rings. The van der Waals surface area contributed by atoms with Gasteiger partial charge < -0.3 is 15.2 Å². The number of nitrogens with zero attached hydrogens (tertiary/aromatic N) is 1. The molecular weight excluding hydrogens is 300 g/mol. The minimum Gasteiger partial charge on any atom is -0.497 e. The van der Waals surface area contributed by atoms with Gasteiger partial charge in [0.15, 0.2) is 0 Å². The molecule has 0 saturated carbocycles. The van der Waals surface area contributed by atoms with Crippen molar-refractivity contribution < 1.29 is 9.47 Å². The zero-order valence-corrected chi connectivity index (χ0v) is 14.7. The molecule has 0 aliphatic rings. The van der Waals surface area contributed by atoms with Crippen molar-refractivity contribution in [2.45, 2.75) is 25.9 Å². The quantitative estimate of drug-likeness (QED) is 0.679. The van der Waals surface area contributed by atoms with Gasteiger partial charge in [0, 0.05) is 13.1 Å². The number of unbranched alkanes of at least 4 members (excludes halogenated alkanes) is 1. The molecule has 4 heteroatoms. The van der Waals surface area contributed by atoms with Crippen molar-refractivity contribution in [2.75, 3.05) is 27.3 Å².